The number of anilines is 1. The minimum atomic E-state index is -0.292. The van der Waals surface area contributed by atoms with Crippen LogP contribution in [0.15, 0.2) is 46.9 Å². The van der Waals surface area contributed by atoms with Gasteiger partial charge in [0.25, 0.3) is 0 Å². The van der Waals surface area contributed by atoms with Crippen molar-refractivity contribution in [1.82, 2.24) is 5.32 Å². The zero-order valence-corrected chi connectivity index (χ0v) is 13.6. The SMILES string of the molecule is COc1ccc(NC(=O)NCCc2ccc(F)cc2)cc1Br. The molecule has 6 heteroatoms. The van der Waals surface area contributed by atoms with E-state index in [4.69, 9.17) is 4.74 Å². The van der Waals surface area contributed by atoms with Gasteiger partial charge in [0.05, 0.1) is 11.6 Å². The van der Waals surface area contributed by atoms with Gasteiger partial charge in [-0.2, -0.15) is 0 Å². The molecule has 22 heavy (non-hydrogen) atoms. The third-order valence-corrected chi connectivity index (χ3v) is 3.64. The van der Waals surface area contributed by atoms with Gasteiger partial charge in [0, 0.05) is 12.2 Å². The summed E-state index contributed by atoms with van der Waals surface area (Å²) in [6.45, 7) is 0.467. The highest BCUT2D eigenvalue weighted by molar-refractivity contribution is 9.10. The van der Waals surface area contributed by atoms with Crippen LogP contribution >= 0.6 is 15.9 Å². The molecule has 4 nitrogen and oxygen atoms in total. The Hall–Kier alpha value is -2.08. The van der Waals surface area contributed by atoms with Gasteiger partial charge in [-0.3, -0.25) is 0 Å². The highest BCUT2D eigenvalue weighted by Crippen LogP contribution is 2.27. The Labute approximate surface area is 136 Å². The Balaban J connectivity index is 1.80. The molecule has 2 rings (SSSR count). The highest BCUT2D eigenvalue weighted by Gasteiger charge is 2.05. The normalized spacial score (nSPS) is 10.1. The Bertz CT molecular complexity index is 647. The number of ether oxygens (including phenoxy) is 1. The van der Waals surface area contributed by atoms with Crippen molar-refractivity contribution < 1.29 is 13.9 Å². The van der Waals surface area contributed by atoms with Crippen LogP contribution in [-0.2, 0) is 6.42 Å². The Morgan fingerprint density at radius 1 is 1.23 bits per heavy atom. The number of carbonyl (C=O) groups is 1. The molecule has 0 heterocycles. The average Bonchev–Trinajstić information content (AvgIpc) is 2.49. The number of carbonyl (C=O) groups excluding carboxylic acids is 1. The summed E-state index contributed by atoms with van der Waals surface area (Å²) < 4.78 is 18.7. The van der Waals surface area contributed by atoms with E-state index in [1.165, 1.54) is 12.1 Å². The van der Waals surface area contributed by atoms with Crippen LogP contribution in [0.3, 0.4) is 0 Å². The molecule has 0 aliphatic heterocycles. The topological polar surface area (TPSA) is 50.4 Å². The van der Waals surface area contributed by atoms with Crippen molar-refractivity contribution in [2.24, 2.45) is 0 Å². The molecule has 0 unspecified atom stereocenters. The van der Waals surface area contributed by atoms with Gasteiger partial charge in [-0.05, 0) is 58.2 Å². The van der Waals surface area contributed by atoms with Gasteiger partial charge in [-0.1, -0.05) is 12.1 Å². The van der Waals surface area contributed by atoms with Gasteiger partial charge in [-0.15, -0.1) is 0 Å². The number of methoxy groups -OCH3 is 1. The minimum absolute atomic E-state index is 0.264. The van der Waals surface area contributed by atoms with Crippen molar-refractivity contribution in [3.05, 3.63) is 58.3 Å². The predicted molar refractivity (Wildman–Crippen MR) is 87.8 cm³/mol. The van der Waals surface area contributed by atoms with Crippen LogP contribution in [0.4, 0.5) is 14.9 Å². The van der Waals surface area contributed by atoms with E-state index in [0.717, 1.165) is 10.0 Å². The van der Waals surface area contributed by atoms with E-state index in [-0.39, 0.29) is 11.8 Å². The predicted octanol–water partition coefficient (Wildman–Crippen LogP) is 3.96. The molecule has 2 amide bonds. The van der Waals surface area contributed by atoms with Crippen LogP contribution in [0.5, 0.6) is 5.75 Å². The lowest BCUT2D eigenvalue weighted by Gasteiger charge is -2.09. The Kier molecular flexibility index (Phi) is 5.77. The molecule has 0 atom stereocenters. The molecule has 2 aromatic rings. The molecule has 0 saturated heterocycles. The first-order chi connectivity index (χ1) is 10.6. The minimum Gasteiger partial charge on any atom is -0.496 e. The van der Waals surface area contributed by atoms with Gasteiger partial charge in [0.15, 0.2) is 0 Å². The van der Waals surface area contributed by atoms with E-state index < -0.39 is 0 Å². The molecule has 0 aliphatic rings. The quantitative estimate of drug-likeness (QED) is 0.841. The summed E-state index contributed by atoms with van der Waals surface area (Å²) >= 11 is 3.36. The summed E-state index contributed by atoms with van der Waals surface area (Å²) in [6, 6.07) is 11.2. The van der Waals surface area contributed by atoms with Crippen LogP contribution in [0.2, 0.25) is 0 Å². The number of hydrogen-bond acceptors (Lipinski definition) is 2. The van der Waals surface area contributed by atoms with E-state index in [2.05, 4.69) is 26.6 Å². The summed E-state index contributed by atoms with van der Waals surface area (Å²) in [5.74, 6) is 0.432. The second-order valence-corrected chi connectivity index (χ2v) is 5.46. The second kappa shape index (κ2) is 7.79. The number of amides is 2. The molecule has 0 radical (unpaired) electrons. The fourth-order valence-corrected chi connectivity index (χ4v) is 2.43. The molecule has 0 aromatic heterocycles. The molecular formula is C16H16BrFN2O2. The van der Waals surface area contributed by atoms with E-state index in [9.17, 15) is 9.18 Å². The summed E-state index contributed by atoms with van der Waals surface area (Å²) in [5, 5.41) is 5.49. The standard InChI is InChI=1S/C16H16BrFN2O2/c1-22-15-7-6-13(10-14(15)17)20-16(21)19-9-8-11-2-4-12(18)5-3-11/h2-7,10H,8-9H2,1H3,(H2,19,20,21). The summed E-state index contributed by atoms with van der Waals surface area (Å²) in [6.07, 6.45) is 0.639. The zero-order chi connectivity index (χ0) is 15.9. The number of nitrogens with one attached hydrogen (secondary N) is 2. The summed E-state index contributed by atoms with van der Waals surface area (Å²) in [4.78, 5) is 11.8. The van der Waals surface area contributed by atoms with Gasteiger partial charge < -0.3 is 15.4 Å². The van der Waals surface area contributed by atoms with E-state index in [0.29, 0.717) is 24.4 Å². The van der Waals surface area contributed by atoms with E-state index in [1.54, 1.807) is 37.4 Å². The number of urea groups is 1. The van der Waals surface area contributed by atoms with Gasteiger partial charge in [0.1, 0.15) is 11.6 Å². The third kappa shape index (κ3) is 4.73. The number of benzene rings is 2. The van der Waals surface area contributed by atoms with E-state index in [1.807, 2.05) is 0 Å². The van der Waals surface area contributed by atoms with Crippen LogP contribution in [-0.4, -0.2) is 19.7 Å². The molecule has 0 fully saturated rings. The maximum atomic E-state index is 12.8. The van der Waals surface area contributed by atoms with Gasteiger partial charge in [0.2, 0.25) is 0 Å². The number of rotatable bonds is 5. The number of hydrogen-bond donors (Lipinski definition) is 2. The van der Waals surface area contributed by atoms with Crippen LogP contribution < -0.4 is 15.4 Å². The maximum absolute atomic E-state index is 12.8. The lowest BCUT2D eigenvalue weighted by molar-refractivity contribution is 0.252. The van der Waals surface area contributed by atoms with Crippen molar-refractivity contribution in [1.29, 1.82) is 0 Å². The first-order valence-corrected chi connectivity index (χ1v) is 7.50. The highest BCUT2D eigenvalue weighted by atomic mass is 79.9. The van der Waals surface area contributed by atoms with Gasteiger partial charge in [-0.25, -0.2) is 9.18 Å². The van der Waals surface area contributed by atoms with Crippen molar-refractivity contribution in [2.45, 2.75) is 6.42 Å². The van der Waals surface area contributed by atoms with Crippen LogP contribution in [0.1, 0.15) is 5.56 Å². The molecule has 2 aromatic carbocycles. The lowest BCUT2D eigenvalue weighted by Crippen LogP contribution is -2.30. The monoisotopic (exact) mass is 366 g/mol. The summed E-state index contributed by atoms with van der Waals surface area (Å²) in [7, 11) is 1.58. The zero-order valence-electron chi connectivity index (χ0n) is 12.0. The molecule has 116 valence electrons. The van der Waals surface area contributed by atoms with Gasteiger partial charge >= 0.3 is 6.03 Å². The molecule has 0 spiro atoms. The lowest BCUT2D eigenvalue weighted by atomic mass is 10.1. The molecule has 0 saturated carbocycles. The fraction of sp³-hybridized carbons (Fsp3) is 0.188. The van der Waals surface area contributed by atoms with Crippen LogP contribution in [0.25, 0.3) is 0 Å². The van der Waals surface area contributed by atoms with E-state index >= 15 is 0 Å². The van der Waals surface area contributed by atoms with Crippen molar-refractivity contribution >= 4 is 27.6 Å². The average molecular weight is 367 g/mol. The van der Waals surface area contributed by atoms with Crippen molar-refractivity contribution in [2.75, 3.05) is 19.0 Å². The first kappa shape index (κ1) is 16.3. The van der Waals surface area contributed by atoms with Crippen LogP contribution in [0, 0.1) is 5.82 Å². The fourth-order valence-electron chi connectivity index (χ4n) is 1.89. The first-order valence-electron chi connectivity index (χ1n) is 6.71. The Morgan fingerprint density at radius 2 is 1.95 bits per heavy atom. The largest absolute Gasteiger partial charge is 0.496 e. The van der Waals surface area contributed by atoms with Crippen molar-refractivity contribution in [3.8, 4) is 5.75 Å². The molecule has 0 aliphatic carbocycles. The molecule has 0 bridgehead atoms. The number of halogens is 2. The molecular weight excluding hydrogens is 351 g/mol. The maximum Gasteiger partial charge on any atom is 0.319 e. The molecule has 2 N–H and O–H groups in total. The van der Waals surface area contributed by atoms with Crippen molar-refractivity contribution in [3.63, 3.8) is 0 Å². The Morgan fingerprint density at radius 3 is 2.59 bits per heavy atom. The summed E-state index contributed by atoms with van der Waals surface area (Å²) in [5.41, 5.74) is 1.63. The second-order valence-electron chi connectivity index (χ2n) is 4.61. The third-order valence-electron chi connectivity index (χ3n) is 3.02. The smallest absolute Gasteiger partial charge is 0.319 e.